The summed E-state index contributed by atoms with van der Waals surface area (Å²) in [5, 5.41) is 11.4. The molecule has 72 valence electrons. The highest BCUT2D eigenvalue weighted by molar-refractivity contribution is 5.83. The summed E-state index contributed by atoms with van der Waals surface area (Å²) in [5.74, 6) is 0.767. The lowest BCUT2D eigenvalue weighted by atomic mass is 10.1. The van der Waals surface area contributed by atoms with E-state index in [0.717, 1.165) is 22.3 Å². The fourth-order valence-corrected chi connectivity index (χ4v) is 1.54. The van der Waals surface area contributed by atoms with Gasteiger partial charge in [-0.25, -0.2) is 0 Å². The first-order valence-electron chi connectivity index (χ1n) is 4.23. The fourth-order valence-electron chi connectivity index (χ4n) is 1.54. The molecule has 1 aromatic heterocycles. The van der Waals surface area contributed by atoms with Gasteiger partial charge in [0.15, 0.2) is 0 Å². The third kappa shape index (κ3) is 1.25. The van der Waals surface area contributed by atoms with Gasteiger partial charge in [-0.05, 0) is 25.5 Å². The van der Waals surface area contributed by atoms with Gasteiger partial charge in [-0.1, -0.05) is 0 Å². The van der Waals surface area contributed by atoms with E-state index in [-0.39, 0.29) is 5.69 Å². The molecule has 2 rings (SSSR count). The van der Waals surface area contributed by atoms with E-state index in [1.165, 1.54) is 12.1 Å². The maximum atomic E-state index is 10.6. The van der Waals surface area contributed by atoms with Crippen LogP contribution < -0.4 is 0 Å². The summed E-state index contributed by atoms with van der Waals surface area (Å²) in [6.45, 7) is 3.63. The molecule has 14 heavy (non-hydrogen) atoms. The third-order valence-corrected chi connectivity index (χ3v) is 2.12. The minimum absolute atomic E-state index is 0.107. The molecule has 0 N–H and O–H groups in total. The quantitative estimate of drug-likeness (QED) is 0.514. The molecule has 0 spiro atoms. The van der Waals surface area contributed by atoms with Crippen molar-refractivity contribution < 1.29 is 9.34 Å². The van der Waals surface area contributed by atoms with Crippen molar-refractivity contribution in [1.29, 1.82) is 0 Å². The van der Waals surface area contributed by atoms with E-state index in [1.807, 2.05) is 6.92 Å². The average molecular weight is 191 g/mol. The molecule has 0 aliphatic carbocycles. The molecule has 0 aliphatic rings. The highest BCUT2D eigenvalue weighted by Crippen LogP contribution is 2.27. The Bertz CT molecular complexity index is 513. The van der Waals surface area contributed by atoms with Gasteiger partial charge in [0.2, 0.25) is 0 Å². The maximum absolute atomic E-state index is 10.6. The number of aryl methyl sites for hydroxylation is 2. The van der Waals surface area contributed by atoms with Crippen molar-refractivity contribution in [2.45, 2.75) is 13.8 Å². The van der Waals surface area contributed by atoms with Crippen molar-refractivity contribution >= 4 is 16.7 Å². The van der Waals surface area contributed by atoms with Gasteiger partial charge in [0.05, 0.1) is 4.92 Å². The number of non-ortho nitro benzene ring substituents is 1. The van der Waals surface area contributed by atoms with Gasteiger partial charge in [-0.2, -0.15) is 0 Å². The van der Waals surface area contributed by atoms with Gasteiger partial charge in [-0.3, -0.25) is 10.1 Å². The smallest absolute Gasteiger partial charge is 0.270 e. The van der Waals surface area contributed by atoms with Gasteiger partial charge >= 0.3 is 0 Å². The number of fused-ring (bicyclic) bond motifs is 1. The molecule has 0 saturated carbocycles. The minimum atomic E-state index is -0.394. The molecule has 0 radical (unpaired) electrons. The Balaban J connectivity index is 2.77. The van der Waals surface area contributed by atoms with Gasteiger partial charge < -0.3 is 4.42 Å². The van der Waals surface area contributed by atoms with Gasteiger partial charge in [0.1, 0.15) is 11.3 Å². The Labute approximate surface area is 80.3 Å². The molecule has 0 amide bonds. The summed E-state index contributed by atoms with van der Waals surface area (Å²) < 4.78 is 5.41. The van der Waals surface area contributed by atoms with Crippen LogP contribution in [-0.4, -0.2) is 4.92 Å². The second-order valence-electron chi connectivity index (χ2n) is 3.30. The lowest BCUT2D eigenvalue weighted by molar-refractivity contribution is -0.384. The molecule has 0 atom stereocenters. The Morgan fingerprint density at radius 3 is 2.64 bits per heavy atom. The van der Waals surface area contributed by atoms with Crippen molar-refractivity contribution in [1.82, 2.24) is 0 Å². The van der Waals surface area contributed by atoms with E-state index < -0.39 is 4.92 Å². The molecular weight excluding hydrogens is 182 g/mol. The van der Waals surface area contributed by atoms with Crippen LogP contribution in [0.5, 0.6) is 0 Å². The van der Waals surface area contributed by atoms with Crippen LogP contribution in [-0.2, 0) is 0 Å². The zero-order chi connectivity index (χ0) is 10.3. The predicted octanol–water partition coefficient (Wildman–Crippen LogP) is 2.96. The van der Waals surface area contributed by atoms with Gasteiger partial charge in [0, 0.05) is 17.5 Å². The molecule has 2 aromatic rings. The first-order valence-corrected chi connectivity index (χ1v) is 4.23. The predicted molar refractivity (Wildman–Crippen MR) is 52.3 cm³/mol. The Kier molecular flexibility index (Phi) is 1.77. The Morgan fingerprint density at radius 1 is 1.29 bits per heavy atom. The number of benzene rings is 1. The number of hydrogen-bond acceptors (Lipinski definition) is 3. The normalized spacial score (nSPS) is 10.7. The Hall–Kier alpha value is -1.84. The molecular formula is C10H9NO3. The topological polar surface area (TPSA) is 56.3 Å². The second kappa shape index (κ2) is 2.83. The van der Waals surface area contributed by atoms with Crippen LogP contribution in [0.4, 0.5) is 5.69 Å². The number of hydrogen-bond donors (Lipinski definition) is 0. The monoisotopic (exact) mass is 191 g/mol. The van der Waals surface area contributed by atoms with Crippen LogP contribution in [0.1, 0.15) is 11.3 Å². The van der Waals surface area contributed by atoms with Crippen LogP contribution in [0.15, 0.2) is 22.6 Å². The van der Waals surface area contributed by atoms with Crippen LogP contribution in [0.2, 0.25) is 0 Å². The highest BCUT2D eigenvalue weighted by atomic mass is 16.6. The number of nitrogens with zero attached hydrogens (tertiary/aromatic N) is 1. The van der Waals surface area contributed by atoms with Crippen molar-refractivity contribution in [2.24, 2.45) is 0 Å². The summed E-state index contributed by atoms with van der Waals surface area (Å²) >= 11 is 0. The molecule has 1 aromatic carbocycles. The van der Waals surface area contributed by atoms with Crippen LogP contribution >= 0.6 is 0 Å². The molecule has 0 fully saturated rings. The van der Waals surface area contributed by atoms with E-state index in [1.54, 1.807) is 13.0 Å². The summed E-state index contributed by atoms with van der Waals surface area (Å²) in [5.41, 5.74) is 1.63. The molecule has 0 aliphatic heterocycles. The zero-order valence-corrected chi connectivity index (χ0v) is 7.90. The average Bonchev–Trinajstić information content (AvgIpc) is 2.45. The number of furan rings is 1. The lowest BCUT2D eigenvalue weighted by Crippen LogP contribution is -1.88. The minimum Gasteiger partial charge on any atom is -0.461 e. The Morgan fingerprint density at radius 2 is 2.00 bits per heavy atom. The number of rotatable bonds is 1. The summed E-state index contributed by atoms with van der Waals surface area (Å²) in [6.07, 6.45) is 0. The molecule has 0 unspecified atom stereocenters. The van der Waals surface area contributed by atoms with E-state index >= 15 is 0 Å². The zero-order valence-electron chi connectivity index (χ0n) is 7.90. The van der Waals surface area contributed by atoms with Crippen LogP contribution in [0, 0.1) is 24.0 Å². The summed E-state index contributed by atoms with van der Waals surface area (Å²) in [4.78, 5) is 10.2. The molecule has 4 nitrogen and oxygen atoms in total. The molecule has 1 heterocycles. The van der Waals surface area contributed by atoms with E-state index in [4.69, 9.17) is 4.42 Å². The fraction of sp³-hybridized carbons (Fsp3) is 0.200. The maximum Gasteiger partial charge on any atom is 0.270 e. The lowest BCUT2D eigenvalue weighted by Gasteiger charge is -1.95. The van der Waals surface area contributed by atoms with Crippen molar-refractivity contribution in [3.8, 4) is 0 Å². The molecule has 4 heteroatoms. The van der Waals surface area contributed by atoms with Crippen molar-refractivity contribution in [3.63, 3.8) is 0 Å². The standard InChI is InChI=1S/C10H9NO3/c1-6-3-9(11(12)13)5-8-4-7(2)14-10(6)8/h3-5H,1-2H3. The van der Waals surface area contributed by atoms with E-state index in [0.29, 0.717) is 0 Å². The van der Waals surface area contributed by atoms with Gasteiger partial charge in [-0.15, -0.1) is 0 Å². The van der Waals surface area contributed by atoms with Gasteiger partial charge in [0.25, 0.3) is 5.69 Å². The van der Waals surface area contributed by atoms with Crippen molar-refractivity contribution in [3.05, 3.63) is 39.6 Å². The molecule has 0 saturated heterocycles. The highest BCUT2D eigenvalue weighted by Gasteiger charge is 2.11. The third-order valence-electron chi connectivity index (χ3n) is 2.12. The first kappa shape index (κ1) is 8.74. The van der Waals surface area contributed by atoms with Crippen LogP contribution in [0.25, 0.3) is 11.0 Å². The number of nitro groups is 1. The number of nitro benzene ring substituents is 1. The summed E-state index contributed by atoms with van der Waals surface area (Å²) in [6, 6.07) is 4.85. The van der Waals surface area contributed by atoms with Crippen molar-refractivity contribution in [2.75, 3.05) is 0 Å². The van der Waals surface area contributed by atoms with E-state index in [9.17, 15) is 10.1 Å². The first-order chi connectivity index (χ1) is 6.58. The largest absolute Gasteiger partial charge is 0.461 e. The molecule has 0 bridgehead atoms. The SMILES string of the molecule is Cc1cc2cc([N+](=O)[O-])cc(C)c2o1. The summed E-state index contributed by atoms with van der Waals surface area (Å²) in [7, 11) is 0. The second-order valence-corrected chi connectivity index (χ2v) is 3.30. The van der Waals surface area contributed by atoms with Crippen LogP contribution in [0.3, 0.4) is 0 Å². The van der Waals surface area contributed by atoms with E-state index in [2.05, 4.69) is 0 Å².